The molecular formula is C22H28N2O5S. The number of aliphatic hydroxyl groups is 1. The number of piperazine rings is 1. The van der Waals surface area contributed by atoms with Crippen LogP contribution < -0.4 is 14.2 Å². The molecule has 1 aromatic heterocycles. The summed E-state index contributed by atoms with van der Waals surface area (Å²) < 4.78 is 16.0. The average Bonchev–Trinajstić information content (AvgIpc) is 3.32. The Morgan fingerprint density at radius 3 is 2.33 bits per heavy atom. The van der Waals surface area contributed by atoms with Gasteiger partial charge in [0.1, 0.15) is 6.10 Å². The first-order valence-corrected chi connectivity index (χ1v) is 10.6. The standard InChI is InChI=1S/C22H28N2O5S/c1-27-18-13-16(14-19(28-2)22(18)29-3)6-7-21(26)24-10-8-23(9-11-24)15-17(25)20-5-4-12-30-20/h4-7,12-14,17,25H,8-11,15H2,1-3H3. The van der Waals surface area contributed by atoms with E-state index in [4.69, 9.17) is 14.2 Å². The number of amides is 1. The van der Waals surface area contributed by atoms with Gasteiger partial charge in [-0.15, -0.1) is 11.3 Å². The highest BCUT2D eigenvalue weighted by Gasteiger charge is 2.22. The Labute approximate surface area is 181 Å². The van der Waals surface area contributed by atoms with E-state index in [1.807, 2.05) is 22.4 Å². The average molecular weight is 433 g/mol. The maximum atomic E-state index is 12.6. The Kier molecular flexibility index (Phi) is 7.73. The second-order valence-electron chi connectivity index (χ2n) is 6.95. The van der Waals surface area contributed by atoms with Gasteiger partial charge in [-0.1, -0.05) is 6.07 Å². The van der Waals surface area contributed by atoms with Crippen molar-refractivity contribution in [3.8, 4) is 17.2 Å². The monoisotopic (exact) mass is 432 g/mol. The molecular weight excluding hydrogens is 404 g/mol. The summed E-state index contributed by atoms with van der Waals surface area (Å²) in [7, 11) is 4.67. The fourth-order valence-corrected chi connectivity index (χ4v) is 4.14. The van der Waals surface area contributed by atoms with E-state index < -0.39 is 6.10 Å². The molecule has 1 fully saturated rings. The predicted molar refractivity (Wildman–Crippen MR) is 117 cm³/mol. The number of hydrogen-bond donors (Lipinski definition) is 1. The summed E-state index contributed by atoms with van der Waals surface area (Å²) in [6.45, 7) is 3.34. The molecule has 8 heteroatoms. The minimum atomic E-state index is -0.479. The Hall–Kier alpha value is -2.55. The molecule has 0 radical (unpaired) electrons. The normalized spacial score (nSPS) is 15.9. The highest BCUT2D eigenvalue weighted by Crippen LogP contribution is 2.38. The zero-order valence-electron chi connectivity index (χ0n) is 17.5. The Bertz CT molecular complexity index is 835. The molecule has 30 heavy (non-hydrogen) atoms. The molecule has 1 aliphatic rings. The third-order valence-corrected chi connectivity index (χ3v) is 6.07. The van der Waals surface area contributed by atoms with Gasteiger partial charge in [0.15, 0.2) is 11.5 Å². The maximum absolute atomic E-state index is 12.6. The second-order valence-corrected chi connectivity index (χ2v) is 7.93. The number of nitrogens with zero attached hydrogens (tertiary/aromatic N) is 2. The van der Waals surface area contributed by atoms with Gasteiger partial charge in [0, 0.05) is 43.7 Å². The van der Waals surface area contributed by atoms with Crippen LogP contribution in [0.3, 0.4) is 0 Å². The van der Waals surface area contributed by atoms with Gasteiger partial charge < -0.3 is 24.2 Å². The SMILES string of the molecule is COc1cc(C=CC(=O)N2CCN(CC(O)c3cccs3)CC2)cc(OC)c1OC. The van der Waals surface area contributed by atoms with Crippen molar-refractivity contribution in [2.24, 2.45) is 0 Å². The number of rotatable bonds is 8. The van der Waals surface area contributed by atoms with Crippen molar-refractivity contribution in [2.45, 2.75) is 6.10 Å². The van der Waals surface area contributed by atoms with Crippen molar-refractivity contribution >= 4 is 23.3 Å². The molecule has 1 N–H and O–H groups in total. The van der Waals surface area contributed by atoms with Crippen molar-refractivity contribution < 1.29 is 24.1 Å². The van der Waals surface area contributed by atoms with Crippen LogP contribution in [0.1, 0.15) is 16.5 Å². The Balaban J connectivity index is 1.56. The number of β-amino-alcohol motifs (C(OH)–C–C–N with tert-alkyl or cyclic N) is 1. The molecule has 0 aliphatic carbocycles. The molecule has 7 nitrogen and oxygen atoms in total. The molecule has 1 aromatic carbocycles. The van der Waals surface area contributed by atoms with E-state index in [0.717, 1.165) is 23.5 Å². The van der Waals surface area contributed by atoms with E-state index in [2.05, 4.69) is 4.90 Å². The van der Waals surface area contributed by atoms with Crippen LogP contribution in [-0.4, -0.2) is 74.9 Å². The van der Waals surface area contributed by atoms with Crippen LogP contribution in [0.5, 0.6) is 17.2 Å². The summed E-state index contributed by atoms with van der Waals surface area (Å²) in [4.78, 5) is 17.6. The molecule has 2 heterocycles. The zero-order valence-corrected chi connectivity index (χ0v) is 18.4. The third-order valence-electron chi connectivity index (χ3n) is 5.09. The van der Waals surface area contributed by atoms with Gasteiger partial charge in [0.05, 0.1) is 21.3 Å². The Morgan fingerprint density at radius 1 is 1.13 bits per heavy atom. The third kappa shape index (κ3) is 5.33. The molecule has 0 saturated carbocycles. The highest BCUT2D eigenvalue weighted by molar-refractivity contribution is 7.10. The molecule has 2 aromatic rings. The number of carbonyl (C=O) groups excluding carboxylic acids is 1. The minimum Gasteiger partial charge on any atom is -0.493 e. The van der Waals surface area contributed by atoms with Crippen LogP contribution in [0.2, 0.25) is 0 Å². The van der Waals surface area contributed by atoms with Gasteiger partial charge in [0.25, 0.3) is 0 Å². The van der Waals surface area contributed by atoms with Gasteiger partial charge in [-0.3, -0.25) is 9.69 Å². The number of thiophene rings is 1. The van der Waals surface area contributed by atoms with E-state index in [9.17, 15) is 9.90 Å². The van der Waals surface area contributed by atoms with Crippen LogP contribution in [0, 0.1) is 0 Å². The molecule has 1 amide bonds. The van der Waals surface area contributed by atoms with E-state index in [1.54, 1.807) is 57.0 Å². The maximum Gasteiger partial charge on any atom is 0.246 e. The molecule has 1 atom stereocenters. The first-order valence-electron chi connectivity index (χ1n) is 9.76. The van der Waals surface area contributed by atoms with E-state index in [1.165, 1.54) is 0 Å². The van der Waals surface area contributed by atoms with Crippen molar-refractivity contribution in [3.63, 3.8) is 0 Å². The molecule has 1 saturated heterocycles. The van der Waals surface area contributed by atoms with Gasteiger partial charge in [-0.25, -0.2) is 0 Å². The van der Waals surface area contributed by atoms with Crippen LogP contribution in [0.15, 0.2) is 35.7 Å². The van der Waals surface area contributed by atoms with Crippen LogP contribution in [-0.2, 0) is 4.79 Å². The quantitative estimate of drug-likeness (QED) is 0.647. The molecule has 162 valence electrons. The Morgan fingerprint density at radius 2 is 1.80 bits per heavy atom. The van der Waals surface area contributed by atoms with Crippen molar-refractivity contribution in [1.29, 1.82) is 0 Å². The predicted octanol–water partition coefficient (Wildman–Crippen LogP) is 2.66. The molecule has 1 aliphatic heterocycles. The lowest BCUT2D eigenvalue weighted by molar-refractivity contribution is -0.127. The second kappa shape index (κ2) is 10.5. The summed E-state index contributed by atoms with van der Waals surface area (Å²) in [5, 5.41) is 12.3. The fraction of sp³-hybridized carbons (Fsp3) is 0.409. The van der Waals surface area contributed by atoms with Gasteiger partial charge in [-0.2, -0.15) is 0 Å². The molecule has 0 spiro atoms. The smallest absolute Gasteiger partial charge is 0.246 e. The highest BCUT2D eigenvalue weighted by atomic mass is 32.1. The van der Waals surface area contributed by atoms with E-state index in [0.29, 0.717) is 36.9 Å². The van der Waals surface area contributed by atoms with Gasteiger partial charge in [0.2, 0.25) is 11.7 Å². The van der Waals surface area contributed by atoms with E-state index in [-0.39, 0.29) is 5.91 Å². The van der Waals surface area contributed by atoms with Gasteiger partial charge in [-0.05, 0) is 35.2 Å². The summed E-state index contributed by atoms with van der Waals surface area (Å²) in [5.74, 6) is 1.57. The largest absolute Gasteiger partial charge is 0.493 e. The first-order chi connectivity index (χ1) is 14.5. The van der Waals surface area contributed by atoms with Crippen LogP contribution >= 0.6 is 11.3 Å². The molecule has 1 unspecified atom stereocenters. The summed E-state index contributed by atoms with van der Waals surface area (Å²) in [6.07, 6.45) is 2.84. The number of ether oxygens (including phenoxy) is 3. The lowest BCUT2D eigenvalue weighted by Gasteiger charge is -2.35. The van der Waals surface area contributed by atoms with E-state index >= 15 is 0 Å². The number of benzene rings is 1. The number of methoxy groups -OCH3 is 3. The fourth-order valence-electron chi connectivity index (χ4n) is 3.44. The minimum absolute atomic E-state index is 0.0396. The summed E-state index contributed by atoms with van der Waals surface area (Å²) in [6, 6.07) is 7.49. The van der Waals surface area contributed by atoms with Crippen molar-refractivity contribution in [1.82, 2.24) is 9.80 Å². The number of aliphatic hydroxyl groups excluding tert-OH is 1. The van der Waals surface area contributed by atoms with Crippen molar-refractivity contribution in [2.75, 3.05) is 54.1 Å². The summed E-state index contributed by atoms with van der Waals surface area (Å²) in [5.41, 5.74) is 0.788. The molecule has 3 rings (SSSR count). The first kappa shape index (κ1) is 22.1. The molecule has 0 bridgehead atoms. The topological polar surface area (TPSA) is 71.5 Å². The zero-order chi connectivity index (χ0) is 21.5. The lowest BCUT2D eigenvalue weighted by atomic mass is 10.1. The summed E-state index contributed by atoms with van der Waals surface area (Å²) >= 11 is 1.56. The van der Waals surface area contributed by atoms with Crippen LogP contribution in [0.25, 0.3) is 6.08 Å². The van der Waals surface area contributed by atoms with Gasteiger partial charge >= 0.3 is 0 Å². The lowest BCUT2D eigenvalue weighted by Crippen LogP contribution is -2.49. The van der Waals surface area contributed by atoms with Crippen LogP contribution in [0.4, 0.5) is 0 Å². The van der Waals surface area contributed by atoms with Crippen molar-refractivity contribution in [3.05, 3.63) is 46.2 Å². The number of hydrogen-bond acceptors (Lipinski definition) is 7. The number of carbonyl (C=O) groups is 1.